The van der Waals surface area contributed by atoms with Gasteiger partial charge in [0.1, 0.15) is 0 Å². The van der Waals surface area contributed by atoms with Gasteiger partial charge in [-0.05, 0) is 52.0 Å². The van der Waals surface area contributed by atoms with E-state index in [9.17, 15) is 0 Å². The molecule has 0 aliphatic carbocycles. The van der Waals surface area contributed by atoms with Crippen LogP contribution in [0.15, 0.2) is 0 Å². The molecule has 0 spiro atoms. The van der Waals surface area contributed by atoms with E-state index in [2.05, 4.69) is 31.0 Å². The molecule has 0 heterocycles. The molecule has 2 heteroatoms. The van der Waals surface area contributed by atoms with E-state index < -0.39 is 0 Å². The summed E-state index contributed by atoms with van der Waals surface area (Å²) in [6.45, 7) is 12.8. The molecule has 0 saturated heterocycles. The number of hydrogen-bond acceptors (Lipinski definition) is 2. The van der Waals surface area contributed by atoms with Crippen LogP contribution >= 0.6 is 0 Å². The lowest BCUT2D eigenvalue weighted by atomic mass is 10.3. The third kappa shape index (κ3) is 8.52. The molecular formula is C12H28N2. The molecule has 1 N–H and O–H groups in total. The van der Waals surface area contributed by atoms with Gasteiger partial charge in [0.05, 0.1) is 0 Å². The highest BCUT2D eigenvalue weighted by Gasteiger charge is 1.99. The van der Waals surface area contributed by atoms with Crippen molar-refractivity contribution in [1.29, 1.82) is 0 Å². The predicted octanol–water partition coefficient (Wildman–Crippen LogP) is 2.50. The lowest BCUT2D eigenvalue weighted by Gasteiger charge is -2.19. The van der Waals surface area contributed by atoms with Gasteiger partial charge in [0, 0.05) is 0 Å². The van der Waals surface area contributed by atoms with Gasteiger partial charge in [-0.25, -0.2) is 0 Å². The molecule has 0 rings (SSSR count). The first kappa shape index (κ1) is 13.9. The Bertz CT molecular complexity index is 104. The molecule has 0 aliphatic heterocycles. The Morgan fingerprint density at radius 2 is 1.57 bits per heavy atom. The molecule has 0 aromatic carbocycles. The molecule has 0 aromatic heterocycles. The van der Waals surface area contributed by atoms with Gasteiger partial charge in [0.25, 0.3) is 0 Å². The zero-order valence-electron chi connectivity index (χ0n) is 10.3. The van der Waals surface area contributed by atoms with Crippen LogP contribution in [0, 0.1) is 0 Å². The van der Waals surface area contributed by atoms with Crippen LogP contribution in [0.1, 0.15) is 46.5 Å². The van der Waals surface area contributed by atoms with Crippen LogP contribution in [0.4, 0.5) is 0 Å². The molecular weight excluding hydrogens is 172 g/mol. The topological polar surface area (TPSA) is 15.3 Å². The summed E-state index contributed by atoms with van der Waals surface area (Å²) < 4.78 is 0. The van der Waals surface area contributed by atoms with Gasteiger partial charge in [-0.3, -0.25) is 0 Å². The van der Waals surface area contributed by atoms with Gasteiger partial charge in [-0.2, -0.15) is 0 Å². The van der Waals surface area contributed by atoms with E-state index in [1.54, 1.807) is 0 Å². The molecule has 0 fully saturated rings. The quantitative estimate of drug-likeness (QED) is 0.545. The zero-order chi connectivity index (χ0) is 10.6. The number of hydrogen-bond donors (Lipinski definition) is 1. The summed E-state index contributed by atoms with van der Waals surface area (Å²) in [4.78, 5) is 2.55. The molecule has 0 bridgehead atoms. The first-order valence-corrected chi connectivity index (χ1v) is 6.28. The second kappa shape index (κ2) is 11.0. The van der Waals surface area contributed by atoms with Crippen molar-refractivity contribution in [3.05, 3.63) is 0 Å². The lowest BCUT2D eigenvalue weighted by molar-refractivity contribution is 0.278. The maximum atomic E-state index is 3.44. The standard InChI is InChI=1S/C12H28N2/c1-4-7-11-14(6-3)12-8-10-13-9-5-2/h13H,4-12H2,1-3H3. The van der Waals surface area contributed by atoms with Crippen LogP contribution in [-0.2, 0) is 0 Å². The third-order valence-electron chi connectivity index (χ3n) is 2.53. The summed E-state index contributed by atoms with van der Waals surface area (Å²) in [5, 5.41) is 3.44. The number of nitrogens with zero attached hydrogens (tertiary/aromatic N) is 1. The Balaban J connectivity index is 3.24. The second-order valence-corrected chi connectivity index (χ2v) is 3.89. The highest BCUT2D eigenvalue weighted by molar-refractivity contribution is 4.56. The van der Waals surface area contributed by atoms with E-state index in [-0.39, 0.29) is 0 Å². The Hall–Kier alpha value is -0.0800. The first-order chi connectivity index (χ1) is 6.85. The minimum atomic E-state index is 1.17. The number of unbranched alkanes of at least 4 members (excludes halogenated alkanes) is 1. The molecule has 86 valence electrons. The van der Waals surface area contributed by atoms with Crippen molar-refractivity contribution >= 4 is 0 Å². The van der Waals surface area contributed by atoms with E-state index in [4.69, 9.17) is 0 Å². The zero-order valence-corrected chi connectivity index (χ0v) is 10.3. The highest BCUT2D eigenvalue weighted by Crippen LogP contribution is 1.95. The molecule has 0 atom stereocenters. The van der Waals surface area contributed by atoms with Crippen molar-refractivity contribution in [2.75, 3.05) is 32.7 Å². The molecule has 0 unspecified atom stereocenters. The van der Waals surface area contributed by atoms with Crippen LogP contribution in [0.3, 0.4) is 0 Å². The van der Waals surface area contributed by atoms with Crippen molar-refractivity contribution in [2.24, 2.45) is 0 Å². The molecule has 0 aromatic rings. The normalized spacial score (nSPS) is 11.1. The first-order valence-electron chi connectivity index (χ1n) is 6.28. The van der Waals surface area contributed by atoms with E-state index in [1.807, 2.05) is 0 Å². The van der Waals surface area contributed by atoms with Crippen LogP contribution in [0.5, 0.6) is 0 Å². The maximum absolute atomic E-state index is 3.44. The van der Waals surface area contributed by atoms with Crippen LogP contribution in [0.25, 0.3) is 0 Å². The smallest absolute Gasteiger partial charge is 0.000676 e. The van der Waals surface area contributed by atoms with E-state index in [1.165, 1.54) is 58.4 Å². The second-order valence-electron chi connectivity index (χ2n) is 3.89. The number of nitrogens with one attached hydrogen (secondary N) is 1. The predicted molar refractivity (Wildman–Crippen MR) is 64.8 cm³/mol. The molecule has 0 radical (unpaired) electrons. The van der Waals surface area contributed by atoms with Crippen molar-refractivity contribution in [3.8, 4) is 0 Å². The summed E-state index contributed by atoms with van der Waals surface area (Å²) in [6, 6.07) is 0. The van der Waals surface area contributed by atoms with E-state index >= 15 is 0 Å². The SMILES string of the molecule is CCCCN(CC)CCCNCCC. The van der Waals surface area contributed by atoms with E-state index in [0.717, 1.165) is 0 Å². The van der Waals surface area contributed by atoms with Gasteiger partial charge in [0.15, 0.2) is 0 Å². The van der Waals surface area contributed by atoms with Crippen LogP contribution in [0.2, 0.25) is 0 Å². The molecule has 2 nitrogen and oxygen atoms in total. The Labute approximate surface area is 90.1 Å². The van der Waals surface area contributed by atoms with Crippen LogP contribution < -0.4 is 5.32 Å². The minimum absolute atomic E-state index is 1.17. The molecule has 0 amide bonds. The van der Waals surface area contributed by atoms with Gasteiger partial charge in [0.2, 0.25) is 0 Å². The summed E-state index contributed by atoms with van der Waals surface area (Å²) >= 11 is 0. The van der Waals surface area contributed by atoms with Gasteiger partial charge in [-0.1, -0.05) is 27.2 Å². The summed E-state index contributed by atoms with van der Waals surface area (Å²) in [7, 11) is 0. The Morgan fingerprint density at radius 1 is 0.857 bits per heavy atom. The fourth-order valence-corrected chi connectivity index (χ4v) is 1.54. The van der Waals surface area contributed by atoms with Crippen molar-refractivity contribution in [2.45, 2.75) is 46.5 Å². The number of rotatable bonds is 10. The fourth-order valence-electron chi connectivity index (χ4n) is 1.54. The monoisotopic (exact) mass is 200 g/mol. The average Bonchev–Trinajstić information content (AvgIpc) is 2.22. The Kier molecular flexibility index (Phi) is 10.9. The summed E-state index contributed by atoms with van der Waals surface area (Å²) in [5.41, 5.74) is 0. The van der Waals surface area contributed by atoms with E-state index in [0.29, 0.717) is 0 Å². The van der Waals surface area contributed by atoms with Crippen molar-refractivity contribution < 1.29 is 0 Å². The highest BCUT2D eigenvalue weighted by atomic mass is 15.1. The summed E-state index contributed by atoms with van der Waals surface area (Å²) in [5.74, 6) is 0. The Morgan fingerprint density at radius 3 is 2.14 bits per heavy atom. The molecule has 0 aliphatic rings. The van der Waals surface area contributed by atoms with Crippen molar-refractivity contribution in [1.82, 2.24) is 10.2 Å². The van der Waals surface area contributed by atoms with Crippen molar-refractivity contribution in [3.63, 3.8) is 0 Å². The van der Waals surface area contributed by atoms with Crippen LogP contribution in [-0.4, -0.2) is 37.6 Å². The van der Waals surface area contributed by atoms with Gasteiger partial charge >= 0.3 is 0 Å². The maximum Gasteiger partial charge on any atom is -0.000676 e. The van der Waals surface area contributed by atoms with Gasteiger partial charge < -0.3 is 10.2 Å². The average molecular weight is 200 g/mol. The van der Waals surface area contributed by atoms with Gasteiger partial charge in [-0.15, -0.1) is 0 Å². The largest absolute Gasteiger partial charge is 0.317 e. The fraction of sp³-hybridized carbons (Fsp3) is 1.00. The molecule has 14 heavy (non-hydrogen) atoms. The third-order valence-corrected chi connectivity index (χ3v) is 2.53. The molecule has 0 saturated carbocycles. The lowest BCUT2D eigenvalue weighted by Crippen LogP contribution is -2.28. The summed E-state index contributed by atoms with van der Waals surface area (Å²) in [6.07, 6.45) is 5.19. The minimum Gasteiger partial charge on any atom is -0.317 e.